The molecule has 0 bridgehead atoms. The molecule has 2 rings (SSSR count). The SMILES string of the molecule is O=C(NC(CS(=O)(=O)[O-])(C(F)(F)F)C(F)(F)F)c1ccc(I)cc1OC(=O)C1CCCC1. The molecule has 0 radical (unpaired) electrons. The maximum absolute atomic E-state index is 13.4. The van der Waals surface area contributed by atoms with Gasteiger partial charge in [-0.25, -0.2) is 8.42 Å². The van der Waals surface area contributed by atoms with Crippen LogP contribution >= 0.6 is 22.6 Å². The van der Waals surface area contributed by atoms with E-state index in [-0.39, 0.29) is 0 Å². The number of benzene rings is 1. The Hall–Kier alpha value is -1.62. The first kappa shape index (κ1) is 26.6. The monoisotopic (exact) mass is 602 g/mol. The summed E-state index contributed by atoms with van der Waals surface area (Å²) in [6.07, 6.45) is -10.4. The summed E-state index contributed by atoms with van der Waals surface area (Å²) in [5.74, 6) is -7.00. The van der Waals surface area contributed by atoms with Crippen LogP contribution in [0.5, 0.6) is 5.75 Å². The number of ether oxygens (including phenoxy) is 1. The maximum atomic E-state index is 13.4. The highest BCUT2D eigenvalue weighted by atomic mass is 127. The zero-order valence-electron chi connectivity index (χ0n) is 15.8. The van der Waals surface area contributed by atoms with E-state index in [9.17, 15) is 48.9 Å². The second-order valence-electron chi connectivity index (χ2n) is 7.10. The minimum Gasteiger partial charge on any atom is -0.748 e. The third-order valence-corrected chi connectivity index (χ3v) is 6.23. The third-order valence-electron chi connectivity index (χ3n) is 4.78. The number of carbonyl (C=O) groups is 2. The van der Waals surface area contributed by atoms with Gasteiger partial charge in [-0.05, 0) is 53.6 Å². The molecule has 15 heteroatoms. The molecular weight excluding hydrogens is 587 g/mol. The van der Waals surface area contributed by atoms with Crippen LogP contribution in [0.25, 0.3) is 0 Å². The number of hydrogen-bond donors (Lipinski definition) is 1. The Morgan fingerprint density at radius 2 is 1.62 bits per heavy atom. The van der Waals surface area contributed by atoms with Crippen LogP contribution in [0, 0.1) is 9.49 Å². The van der Waals surface area contributed by atoms with Gasteiger partial charge in [-0.2, -0.15) is 26.3 Å². The lowest BCUT2D eigenvalue weighted by Crippen LogP contribution is -2.70. The Bertz CT molecular complexity index is 974. The summed E-state index contributed by atoms with van der Waals surface area (Å²) in [7, 11) is -6.11. The lowest BCUT2D eigenvalue weighted by Gasteiger charge is -2.38. The van der Waals surface area contributed by atoms with Crippen molar-refractivity contribution in [1.82, 2.24) is 5.32 Å². The van der Waals surface area contributed by atoms with Crippen molar-refractivity contribution in [2.24, 2.45) is 5.92 Å². The van der Waals surface area contributed by atoms with Gasteiger partial charge in [-0.15, -0.1) is 0 Å². The first-order valence-electron chi connectivity index (χ1n) is 8.87. The third kappa shape index (κ3) is 6.03. The van der Waals surface area contributed by atoms with E-state index in [1.807, 2.05) is 0 Å². The van der Waals surface area contributed by atoms with Gasteiger partial charge in [-0.3, -0.25) is 9.59 Å². The molecule has 1 aliphatic rings. The number of rotatable bonds is 6. The van der Waals surface area contributed by atoms with Crippen molar-refractivity contribution in [3.8, 4) is 5.75 Å². The highest BCUT2D eigenvalue weighted by Crippen LogP contribution is 2.44. The van der Waals surface area contributed by atoms with Crippen molar-refractivity contribution >= 4 is 44.6 Å². The number of halogens is 7. The molecule has 1 aromatic rings. The van der Waals surface area contributed by atoms with Gasteiger partial charge in [0.05, 0.1) is 27.4 Å². The van der Waals surface area contributed by atoms with Crippen molar-refractivity contribution in [3.63, 3.8) is 0 Å². The van der Waals surface area contributed by atoms with Gasteiger partial charge in [-0.1, -0.05) is 12.8 Å². The molecule has 1 saturated carbocycles. The number of esters is 1. The van der Waals surface area contributed by atoms with Gasteiger partial charge < -0.3 is 14.6 Å². The summed E-state index contributed by atoms with van der Waals surface area (Å²) in [6.45, 7) is 0. The molecule has 0 aliphatic heterocycles. The zero-order chi connectivity index (χ0) is 24.5. The number of alkyl halides is 6. The summed E-state index contributed by atoms with van der Waals surface area (Å²) in [4.78, 5) is 24.7. The summed E-state index contributed by atoms with van der Waals surface area (Å²) in [5, 5.41) is 0.624. The molecule has 1 amide bonds. The van der Waals surface area contributed by atoms with Gasteiger partial charge in [0.1, 0.15) is 5.75 Å². The average Bonchev–Trinajstić information content (AvgIpc) is 3.12. The van der Waals surface area contributed by atoms with E-state index in [4.69, 9.17) is 4.74 Å². The van der Waals surface area contributed by atoms with Gasteiger partial charge in [0, 0.05) is 3.57 Å². The molecule has 0 aromatic heterocycles. The summed E-state index contributed by atoms with van der Waals surface area (Å²) in [5.41, 5.74) is -6.26. The van der Waals surface area contributed by atoms with Crippen molar-refractivity contribution in [2.45, 2.75) is 43.6 Å². The minimum absolute atomic E-state index is 0.341. The fraction of sp³-hybridized carbons (Fsp3) is 0.529. The minimum atomic E-state index is -6.40. The van der Waals surface area contributed by atoms with Crippen molar-refractivity contribution < 1.29 is 53.6 Å². The molecule has 0 spiro atoms. The first-order chi connectivity index (χ1) is 14.5. The molecule has 0 unspecified atom stereocenters. The number of hydrogen-bond acceptors (Lipinski definition) is 6. The highest BCUT2D eigenvalue weighted by Gasteiger charge is 2.72. The Labute approximate surface area is 191 Å². The highest BCUT2D eigenvalue weighted by molar-refractivity contribution is 14.1. The number of nitrogens with one attached hydrogen (secondary N) is 1. The van der Waals surface area contributed by atoms with Crippen LogP contribution in [0.4, 0.5) is 26.3 Å². The van der Waals surface area contributed by atoms with Crippen molar-refractivity contribution in [2.75, 3.05) is 5.75 Å². The molecule has 32 heavy (non-hydrogen) atoms. The molecule has 7 nitrogen and oxygen atoms in total. The first-order valence-corrected chi connectivity index (χ1v) is 11.5. The van der Waals surface area contributed by atoms with Gasteiger partial charge >= 0.3 is 18.3 Å². The number of carbonyl (C=O) groups excluding carboxylic acids is 2. The molecular formula is C17H15F6INO6S-. The average molecular weight is 602 g/mol. The molecule has 1 aliphatic carbocycles. The van der Waals surface area contributed by atoms with E-state index in [1.165, 1.54) is 0 Å². The lowest BCUT2D eigenvalue weighted by atomic mass is 9.99. The van der Waals surface area contributed by atoms with E-state index in [2.05, 4.69) is 0 Å². The topological polar surface area (TPSA) is 113 Å². The van der Waals surface area contributed by atoms with Gasteiger partial charge in [0.15, 0.2) is 0 Å². The smallest absolute Gasteiger partial charge is 0.421 e. The molecule has 0 atom stereocenters. The maximum Gasteiger partial charge on any atom is 0.421 e. The van der Waals surface area contributed by atoms with Crippen molar-refractivity contribution in [1.29, 1.82) is 0 Å². The Morgan fingerprint density at radius 3 is 2.09 bits per heavy atom. The molecule has 0 saturated heterocycles. The molecule has 1 aromatic carbocycles. The van der Waals surface area contributed by atoms with Gasteiger partial charge in [0.2, 0.25) is 5.54 Å². The number of amides is 1. The van der Waals surface area contributed by atoms with E-state index >= 15 is 0 Å². The summed E-state index contributed by atoms with van der Waals surface area (Å²) < 4.78 is 119. The van der Waals surface area contributed by atoms with E-state index in [0.717, 1.165) is 31.0 Å². The second-order valence-corrected chi connectivity index (χ2v) is 9.75. The van der Waals surface area contributed by atoms with Crippen LogP contribution in [0.15, 0.2) is 18.2 Å². The summed E-state index contributed by atoms with van der Waals surface area (Å²) in [6, 6.07) is 3.02. The Morgan fingerprint density at radius 1 is 1.09 bits per heavy atom. The van der Waals surface area contributed by atoms with E-state index < -0.39 is 62.9 Å². The lowest BCUT2D eigenvalue weighted by molar-refractivity contribution is -0.296. The van der Waals surface area contributed by atoms with E-state index in [0.29, 0.717) is 21.7 Å². The van der Waals surface area contributed by atoms with Crippen molar-refractivity contribution in [3.05, 3.63) is 27.3 Å². The fourth-order valence-corrected chi connectivity index (χ4v) is 4.54. The fourth-order valence-electron chi connectivity index (χ4n) is 3.15. The predicted octanol–water partition coefficient (Wildman–Crippen LogP) is 3.53. The Balaban J connectivity index is 2.49. The van der Waals surface area contributed by atoms with Gasteiger partial charge in [0.25, 0.3) is 5.91 Å². The normalized spacial score (nSPS) is 16.1. The Kier molecular flexibility index (Phi) is 7.76. The van der Waals surface area contributed by atoms with Crippen LogP contribution in [0.3, 0.4) is 0 Å². The standard InChI is InChI=1S/C17H16F6INO6S/c18-16(19,20)15(17(21,22)23,8-32(28,29)30)25-13(26)11-6-5-10(24)7-12(11)31-14(27)9-3-1-2-4-9/h5-7,9H,1-4,8H2,(H,25,26)(H,28,29,30)/p-1. The molecule has 1 fully saturated rings. The van der Waals surface area contributed by atoms with Crippen LogP contribution < -0.4 is 10.1 Å². The quantitative estimate of drug-likeness (QED) is 0.175. The zero-order valence-corrected chi connectivity index (χ0v) is 18.8. The molecule has 180 valence electrons. The largest absolute Gasteiger partial charge is 0.748 e. The van der Waals surface area contributed by atoms with Crippen LogP contribution in [0.1, 0.15) is 36.0 Å². The molecule has 0 heterocycles. The second kappa shape index (κ2) is 9.32. The van der Waals surface area contributed by atoms with Crippen LogP contribution in [-0.2, 0) is 14.9 Å². The van der Waals surface area contributed by atoms with Crippen LogP contribution in [0.2, 0.25) is 0 Å². The predicted molar refractivity (Wildman–Crippen MR) is 104 cm³/mol. The van der Waals surface area contributed by atoms with E-state index in [1.54, 1.807) is 22.6 Å². The summed E-state index contributed by atoms with van der Waals surface area (Å²) >= 11 is 1.71. The molecule has 1 N–H and O–H groups in total. The van der Waals surface area contributed by atoms with Crippen LogP contribution in [-0.4, -0.2) is 48.5 Å².